The fraction of sp³-hybridized carbons (Fsp3) is 0.154. The fourth-order valence-electron chi connectivity index (χ4n) is 1.73. The molecular formula is C13H14N4O4S. The van der Waals surface area contributed by atoms with Crippen molar-refractivity contribution in [1.82, 2.24) is 9.97 Å². The van der Waals surface area contributed by atoms with E-state index in [1.54, 1.807) is 6.92 Å². The lowest BCUT2D eigenvalue weighted by Gasteiger charge is -2.08. The molecule has 1 amide bonds. The zero-order chi connectivity index (χ0) is 16.3. The molecular weight excluding hydrogens is 308 g/mol. The Morgan fingerprint density at radius 3 is 2.41 bits per heavy atom. The number of rotatable bonds is 4. The van der Waals surface area contributed by atoms with Gasteiger partial charge in [-0.25, -0.2) is 18.1 Å². The van der Waals surface area contributed by atoms with Gasteiger partial charge >= 0.3 is 0 Å². The molecule has 0 aliphatic rings. The average molecular weight is 322 g/mol. The van der Waals surface area contributed by atoms with E-state index >= 15 is 0 Å². The second-order valence-corrected chi connectivity index (χ2v) is 6.23. The number of hydrogen-bond donors (Lipinski definition) is 3. The van der Waals surface area contributed by atoms with Gasteiger partial charge in [-0.05, 0) is 31.2 Å². The lowest BCUT2D eigenvalue weighted by molar-refractivity contribution is -0.114. The number of aryl methyl sites for hydroxylation is 1. The number of anilines is 2. The van der Waals surface area contributed by atoms with Crippen molar-refractivity contribution in [2.75, 3.05) is 10.0 Å². The van der Waals surface area contributed by atoms with Gasteiger partial charge in [-0.2, -0.15) is 0 Å². The molecule has 0 aliphatic carbocycles. The highest BCUT2D eigenvalue weighted by Gasteiger charge is 2.15. The first-order valence-electron chi connectivity index (χ1n) is 6.25. The average Bonchev–Trinajstić information content (AvgIpc) is 2.36. The van der Waals surface area contributed by atoms with E-state index in [4.69, 9.17) is 0 Å². The minimum Gasteiger partial charge on any atom is -0.326 e. The van der Waals surface area contributed by atoms with Crippen molar-refractivity contribution < 1.29 is 13.2 Å². The van der Waals surface area contributed by atoms with Gasteiger partial charge in [0.2, 0.25) is 11.9 Å². The van der Waals surface area contributed by atoms with Gasteiger partial charge in [-0.1, -0.05) is 0 Å². The fourth-order valence-corrected chi connectivity index (χ4v) is 2.70. The first-order valence-corrected chi connectivity index (χ1v) is 7.73. The van der Waals surface area contributed by atoms with Gasteiger partial charge in [0.25, 0.3) is 15.6 Å². The predicted molar refractivity (Wildman–Crippen MR) is 81.1 cm³/mol. The topological polar surface area (TPSA) is 121 Å². The van der Waals surface area contributed by atoms with Crippen LogP contribution in [0.3, 0.4) is 0 Å². The number of carbonyl (C=O) groups is 1. The van der Waals surface area contributed by atoms with Crippen LogP contribution in [0.2, 0.25) is 0 Å². The molecule has 0 unspecified atom stereocenters. The highest BCUT2D eigenvalue weighted by molar-refractivity contribution is 7.92. The normalized spacial score (nSPS) is 11.0. The quantitative estimate of drug-likeness (QED) is 0.770. The van der Waals surface area contributed by atoms with Gasteiger partial charge in [0.05, 0.1) is 4.90 Å². The summed E-state index contributed by atoms with van der Waals surface area (Å²) in [6, 6.07) is 6.84. The van der Waals surface area contributed by atoms with Gasteiger partial charge in [0, 0.05) is 24.4 Å². The standard InChI is InChI=1S/C13H14N4O4S/c1-8-7-12(19)16-13(14-8)17-22(20,21)11-5-3-10(4-6-11)15-9(2)18/h3-7H,1-2H3,(H,15,18)(H2,14,16,17,19). The summed E-state index contributed by atoms with van der Waals surface area (Å²) in [6.07, 6.45) is 0. The Hall–Kier alpha value is -2.68. The van der Waals surface area contributed by atoms with Crippen molar-refractivity contribution in [2.24, 2.45) is 0 Å². The summed E-state index contributed by atoms with van der Waals surface area (Å²) >= 11 is 0. The summed E-state index contributed by atoms with van der Waals surface area (Å²) in [5.74, 6) is -0.411. The van der Waals surface area contributed by atoms with E-state index in [2.05, 4.69) is 20.0 Å². The first kappa shape index (κ1) is 15.7. The molecule has 1 aromatic carbocycles. The summed E-state index contributed by atoms with van der Waals surface area (Å²) in [5.41, 5.74) is 0.419. The summed E-state index contributed by atoms with van der Waals surface area (Å²) < 4.78 is 26.6. The van der Waals surface area contributed by atoms with Crippen molar-refractivity contribution in [1.29, 1.82) is 0 Å². The van der Waals surface area contributed by atoms with Crippen LogP contribution in [-0.4, -0.2) is 24.3 Å². The number of aromatic amines is 1. The van der Waals surface area contributed by atoms with E-state index in [9.17, 15) is 18.0 Å². The molecule has 2 rings (SSSR count). The van der Waals surface area contributed by atoms with E-state index in [0.29, 0.717) is 11.4 Å². The van der Waals surface area contributed by atoms with Gasteiger partial charge < -0.3 is 5.32 Å². The number of sulfonamides is 1. The lowest BCUT2D eigenvalue weighted by Crippen LogP contribution is -2.19. The predicted octanol–water partition coefficient (Wildman–Crippen LogP) is 0.838. The Labute approximate surface area is 126 Å². The number of carbonyl (C=O) groups excluding carboxylic acids is 1. The number of benzene rings is 1. The third-order valence-electron chi connectivity index (χ3n) is 2.59. The van der Waals surface area contributed by atoms with Gasteiger partial charge in [-0.15, -0.1) is 0 Å². The van der Waals surface area contributed by atoms with Crippen molar-refractivity contribution in [3.63, 3.8) is 0 Å². The molecule has 2 aromatic rings. The van der Waals surface area contributed by atoms with Crippen LogP contribution in [-0.2, 0) is 14.8 Å². The highest BCUT2D eigenvalue weighted by atomic mass is 32.2. The Bertz CT molecular complexity index is 856. The molecule has 0 radical (unpaired) electrons. The number of hydrogen-bond acceptors (Lipinski definition) is 5. The van der Waals surface area contributed by atoms with Gasteiger partial charge in [-0.3, -0.25) is 14.6 Å². The molecule has 0 atom stereocenters. The molecule has 8 nitrogen and oxygen atoms in total. The monoisotopic (exact) mass is 322 g/mol. The maximum absolute atomic E-state index is 12.2. The van der Waals surface area contributed by atoms with Crippen molar-refractivity contribution in [3.05, 3.63) is 46.4 Å². The van der Waals surface area contributed by atoms with Crippen LogP contribution in [0.15, 0.2) is 40.0 Å². The van der Waals surface area contributed by atoms with Gasteiger partial charge in [0.1, 0.15) is 0 Å². The van der Waals surface area contributed by atoms with E-state index < -0.39 is 15.6 Å². The smallest absolute Gasteiger partial charge is 0.264 e. The number of aromatic nitrogens is 2. The molecule has 1 aromatic heterocycles. The third kappa shape index (κ3) is 3.92. The van der Waals surface area contributed by atoms with E-state index in [1.807, 2.05) is 0 Å². The van der Waals surface area contributed by atoms with Crippen molar-refractivity contribution >= 4 is 27.6 Å². The minimum atomic E-state index is -3.89. The highest BCUT2D eigenvalue weighted by Crippen LogP contribution is 2.16. The maximum Gasteiger partial charge on any atom is 0.264 e. The Morgan fingerprint density at radius 2 is 1.86 bits per heavy atom. The van der Waals surface area contributed by atoms with E-state index in [1.165, 1.54) is 37.3 Å². The molecule has 0 aliphatic heterocycles. The van der Waals surface area contributed by atoms with Crippen LogP contribution >= 0.6 is 0 Å². The largest absolute Gasteiger partial charge is 0.326 e. The Morgan fingerprint density at radius 1 is 1.23 bits per heavy atom. The van der Waals surface area contributed by atoms with Crippen LogP contribution < -0.4 is 15.6 Å². The van der Waals surface area contributed by atoms with Crippen LogP contribution in [0.25, 0.3) is 0 Å². The van der Waals surface area contributed by atoms with Crippen molar-refractivity contribution in [2.45, 2.75) is 18.7 Å². The molecule has 9 heteroatoms. The van der Waals surface area contributed by atoms with Crippen LogP contribution in [0, 0.1) is 6.92 Å². The molecule has 0 fully saturated rings. The molecule has 3 N–H and O–H groups in total. The van der Waals surface area contributed by atoms with Crippen LogP contribution in [0.1, 0.15) is 12.6 Å². The molecule has 0 spiro atoms. The molecule has 116 valence electrons. The number of nitrogens with zero attached hydrogens (tertiary/aromatic N) is 1. The molecule has 0 bridgehead atoms. The molecule has 0 saturated carbocycles. The van der Waals surface area contributed by atoms with Crippen LogP contribution in [0.5, 0.6) is 0 Å². The van der Waals surface area contributed by atoms with E-state index in [0.717, 1.165) is 0 Å². The summed E-state index contributed by atoms with van der Waals surface area (Å²) in [7, 11) is -3.89. The number of H-pyrrole nitrogens is 1. The molecule has 22 heavy (non-hydrogen) atoms. The zero-order valence-electron chi connectivity index (χ0n) is 11.9. The van der Waals surface area contributed by atoms with Gasteiger partial charge in [0.15, 0.2) is 0 Å². The SMILES string of the molecule is CC(=O)Nc1ccc(S(=O)(=O)Nc2nc(C)cc(=O)[nH]2)cc1. The van der Waals surface area contributed by atoms with Crippen LogP contribution in [0.4, 0.5) is 11.6 Å². The first-order chi connectivity index (χ1) is 10.3. The molecule has 0 saturated heterocycles. The second-order valence-electron chi connectivity index (χ2n) is 4.55. The second kappa shape index (κ2) is 5.98. The maximum atomic E-state index is 12.2. The third-order valence-corrected chi connectivity index (χ3v) is 3.94. The van der Waals surface area contributed by atoms with Crippen molar-refractivity contribution in [3.8, 4) is 0 Å². The number of nitrogens with one attached hydrogen (secondary N) is 3. The summed E-state index contributed by atoms with van der Waals surface area (Å²) in [4.78, 5) is 28.4. The number of amides is 1. The Kier molecular flexibility index (Phi) is 4.27. The van der Waals surface area contributed by atoms with E-state index in [-0.39, 0.29) is 16.8 Å². The Balaban J connectivity index is 2.26. The zero-order valence-corrected chi connectivity index (χ0v) is 12.7. The summed E-state index contributed by atoms with van der Waals surface area (Å²) in [6.45, 7) is 2.93. The molecule has 1 heterocycles. The minimum absolute atomic E-state index is 0.0224. The lowest BCUT2D eigenvalue weighted by atomic mass is 10.3. The summed E-state index contributed by atoms with van der Waals surface area (Å²) in [5, 5.41) is 2.53.